The third-order valence-electron chi connectivity index (χ3n) is 9.44. The summed E-state index contributed by atoms with van der Waals surface area (Å²) in [5.41, 5.74) is -12.0. The molecule has 1 saturated heterocycles. The number of rotatable bonds is 8. The molecule has 2 nitrogen and oxygen atoms in total. The molecule has 5 aromatic rings. The molecule has 1 fully saturated rings. The molecule has 1 aliphatic heterocycles. The van der Waals surface area contributed by atoms with Crippen LogP contribution in [0.25, 0.3) is 0 Å². The second kappa shape index (κ2) is 14.2. The fourth-order valence-electron chi connectivity index (χ4n) is 7.07. The lowest BCUT2D eigenvalue weighted by atomic mass is 9.77. The minimum Gasteiger partial charge on any atom is -0.389 e. The van der Waals surface area contributed by atoms with E-state index in [0.717, 1.165) is 0 Å². The molecule has 1 atom stereocenters. The van der Waals surface area contributed by atoms with E-state index in [4.69, 9.17) is 4.43 Å². The Labute approximate surface area is 302 Å². The van der Waals surface area contributed by atoms with Gasteiger partial charge in [0.1, 0.15) is 5.60 Å². The van der Waals surface area contributed by atoms with Crippen molar-refractivity contribution < 1.29 is 57.1 Å². The van der Waals surface area contributed by atoms with Crippen LogP contribution in [-0.4, -0.2) is 20.9 Å². The van der Waals surface area contributed by atoms with Crippen LogP contribution in [0.2, 0.25) is 0 Å². The van der Waals surface area contributed by atoms with Crippen molar-refractivity contribution in [3.8, 4) is 0 Å². The van der Waals surface area contributed by atoms with Crippen molar-refractivity contribution in [2.45, 2.75) is 49.2 Å². The lowest BCUT2D eigenvalue weighted by Gasteiger charge is -2.48. The van der Waals surface area contributed by atoms with Crippen molar-refractivity contribution in [2.24, 2.45) is 0 Å². The number of halogens is 12. The highest BCUT2D eigenvalue weighted by atomic mass is 28.4. The monoisotopic (exact) mass is 783 g/mol. The largest absolute Gasteiger partial charge is 0.416 e. The molecular formula is C39H29F12NOSi. The van der Waals surface area contributed by atoms with Crippen LogP contribution in [-0.2, 0) is 34.7 Å². The molecule has 0 spiro atoms. The molecule has 0 amide bonds. The van der Waals surface area contributed by atoms with Crippen molar-refractivity contribution in [2.75, 3.05) is 6.54 Å². The minimum atomic E-state index is -5.43. The normalized spacial score (nSPS) is 16.1. The van der Waals surface area contributed by atoms with E-state index in [0.29, 0.717) is 39.8 Å². The lowest BCUT2D eigenvalue weighted by molar-refractivity contribution is -0.144. The second-order valence-electron chi connectivity index (χ2n) is 12.9. The van der Waals surface area contributed by atoms with Gasteiger partial charge in [-0.15, -0.1) is 0 Å². The summed E-state index contributed by atoms with van der Waals surface area (Å²) < 4.78 is 182. The first kappa shape index (κ1) is 39.1. The van der Waals surface area contributed by atoms with Gasteiger partial charge >= 0.3 is 24.7 Å². The highest BCUT2D eigenvalue weighted by molar-refractivity contribution is 7.07. The Balaban J connectivity index is 1.87. The van der Waals surface area contributed by atoms with Crippen molar-refractivity contribution in [1.82, 2.24) is 5.32 Å². The zero-order valence-electron chi connectivity index (χ0n) is 27.8. The van der Waals surface area contributed by atoms with Crippen molar-refractivity contribution in [3.63, 3.8) is 0 Å². The van der Waals surface area contributed by atoms with Gasteiger partial charge in [0.25, 0.3) is 8.32 Å². The summed E-state index contributed by atoms with van der Waals surface area (Å²) in [6.07, 6.45) is -21.6. The maximum Gasteiger partial charge on any atom is 0.416 e. The van der Waals surface area contributed by atoms with Crippen LogP contribution < -0.4 is 20.9 Å². The zero-order chi connectivity index (χ0) is 39.2. The summed E-state index contributed by atoms with van der Waals surface area (Å²) in [5, 5.41) is 4.05. The van der Waals surface area contributed by atoms with Gasteiger partial charge in [-0.1, -0.05) is 91.0 Å². The fourth-order valence-corrected chi connectivity index (χ4v) is 11.3. The Morgan fingerprint density at radius 1 is 0.444 bits per heavy atom. The topological polar surface area (TPSA) is 21.3 Å². The highest BCUT2D eigenvalue weighted by Crippen LogP contribution is 2.49. The van der Waals surface area contributed by atoms with Gasteiger partial charge in [0, 0.05) is 6.04 Å². The van der Waals surface area contributed by atoms with E-state index in [1.807, 2.05) is 0 Å². The first-order valence-electron chi connectivity index (χ1n) is 16.5. The van der Waals surface area contributed by atoms with Gasteiger partial charge in [0.2, 0.25) is 0 Å². The van der Waals surface area contributed by atoms with Crippen molar-refractivity contribution >= 4 is 23.9 Å². The molecule has 1 heterocycles. The lowest BCUT2D eigenvalue weighted by Crippen LogP contribution is -2.73. The number of nitrogens with one attached hydrogen (secondary N) is 1. The minimum absolute atomic E-state index is 0.0719. The number of benzene rings is 5. The molecule has 1 N–H and O–H groups in total. The number of hydrogen-bond donors (Lipinski definition) is 1. The van der Waals surface area contributed by atoms with Crippen molar-refractivity contribution in [3.05, 3.63) is 161 Å². The Hall–Kier alpha value is -4.60. The van der Waals surface area contributed by atoms with Crippen LogP contribution in [0.4, 0.5) is 52.7 Å². The molecule has 15 heteroatoms. The van der Waals surface area contributed by atoms with Gasteiger partial charge in [-0.3, -0.25) is 0 Å². The van der Waals surface area contributed by atoms with E-state index in [1.54, 1.807) is 91.0 Å². The molecule has 0 saturated carbocycles. The predicted octanol–water partition coefficient (Wildman–Crippen LogP) is 9.44. The van der Waals surface area contributed by atoms with Crippen LogP contribution in [0.1, 0.15) is 46.2 Å². The molecule has 5 aromatic carbocycles. The van der Waals surface area contributed by atoms with Gasteiger partial charge < -0.3 is 9.74 Å². The van der Waals surface area contributed by atoms with Crippen LogP contribution >= 0.6 is 0 Å². The van der Waals surface area contributed by atoms with Gasteiger partial charge in [0.05, 0.1) is 22.3 Å². The molecule has 1 unspecified atom stereocenters. The van der Waals surface area contributed by atoms with E-state index in [1.165, 1.54) is 0 Å². The Kier molecular flexibility index (Phi) is 10.3. The number of alkyl halides is 12. The first-order valence-corrected chi connectivity index (χ1v) is 18.4. The summed E-state index contributed by atoms with van der Waals surface area (Å²) >= 11 is 0. The molecule has 284 valence electrons. The highest BCUT2D eigenvalue weighted by Gasteiger charge is 2.56. The van der Waals surface area contributed by atoms with Crippen LogP contribution in [0, 0.1) is 0 Å². The molecule has 0 aliphatic carbocycles. The third kappa shape index (κ3) is 7.53. The summed E-state index contributed by atoms with van der Waals surface area (Å²) in [6.45, 7) is 0.0719. The molecular weight excluding hydrogens is 754 g/mol. The molecule has 0 bridgehead atoms. The summed E-state index contributed by atoms with van der Waals surface area (Å²) in [4.78, 5) is 0. The standard InChI is InChI=1S/C39H29F12NOSi/c40-36(41,42)27-19-25(20-28(23-27)37(43,44)45)35(34-17-10-18-52-34,26-21-29(38(46,47)48)24-30(22-26)39(49,50)51)53-54(31-11-4-1-5-12-31,32-13-6-2-7-14-32)33-15-8-3-9-16-33/h1-9,11-16,19-24,34,52H,10,17-18H2. The smallest absolute Gasteiger partial charge is 0.389 e. The van der Waals surface area contributed by atoms with Crippen LogP contribution in [0.3, 0.4) is 0 Å². The first-order chi connectivity index (χ1) is 25.3. The van der Waals surface area contributed by atoms with Gasteiger partial charge in [-0.2, -0.15) is 52.7 Å². The van der Waals surface area contributed by atoms with E-state index < -0.39 is 78.0 Å². The Morgan fingerprint density at radius 2 is 0.741 bits per heavy atom. The van der Waals surface area contributed by atoms with E-state index >= 15 is 0 Å². The van der Waals surface area contributed by atoms with Crippen molar-refractivity contribution in [1.29, 1.82) is 0 Å². The van der Waals surface area contributed by atoms with E-state index in [2.05, 4.69) is 5.32 Å². The SMILES string of the molecule is FC(F)(F)c1cc(C(F)(F)F)cc(C(O[Si](c2ccccc2)(c2ccccc2)c2ccccc2)(c2cc(C(F)(F)F)cc(C(F)(F)F)c2)C2CCCN2)c1. The summed E-state index contributed by atoms with van der Waals surface area (Å²) in [6, 6.07) is 23.6. The van der Waals surface area contributed by atoms with Crippen LogP contribution in [0.15, 0.2) is 127 Å². The molecule has 0 aromatic heterocycles. The third-order valence-corrected chi connectivity index (χ3v) is 13.5. The molecule has 1 aliphatic rings. The molecule has 54 heavy (non-hydrogen) atoms. The molecule has 6 rings (SSSR count). The quantitative estimate of drug-likeness (QED) is 0.0963. The van der Waals surface area contributed by atoms with E-state index in [9.17, 15) is 52.7 Å². The maximum absolute atomic E-state index is 14.6. The average molecular weight is 784 g/mol. The zero-order valence-corrected chi connectivity index (χ0v) is 28.8. The van der Waals surface area contributed by atoms with Gasteiger partial charge in [-0.25, -0.2) is 0 Å². The summed E-state index contributed by atoms with van der Waals surface area (Å²) in [7, 11) is -4.41. The summed E-state index contributed by atoms with van der Waals surface area (Å²) in [5.74, 6) is 0. The second-order valence-corrected chi connectivity index (χ2v) is 16.2. The maximum atomic E-state index is 14.6. The van der Waals surface area contributed by atoms with Crippen LogP contribution in [0.5, 0.6) is 0 Å². The fraction of sp³-hybridized carbons (Fsp3) is 0.231. The van der Waals surface area contributed by atoms with Gasteiger partial charge in [0.15, 0.2) is 0 Å². The Morgan fingerprint density at radius 3 is 1.00 bits per heavy atom. The predicted molar refractivity (Wildman–Crippen MR) is 180 cm³/mol. The number of hydrogen-bond acceptors (Lipinski definition) is 2. The Bertz CT molecular complexity index is 1820. The van der Waals surface area contributed by atoms with Gasteiger partial charge in [-0.05, 0) is 82.5 Å². The average Bonchev–Trinajstić information content (AvgIpc) is 3.67. The van der Waals surface area contributed by atoms with E-state index in [-0.39, 0.29) is 31.5 Å². The molecule has 0 radical (unpaired) electrons.